The number of carboxylic acids is 1. The second-order valence-corrected chi connectivity index (χ2v) is 6.18. The van der Waals surface area contributed by atoms with Crippen LogP contribution in [0.25, 0.3) is 0 Å². The van der Waals surface area contributed by atoms with Gasteiger partial charge in [-0.25, -0.2) is 13.2 Å². The number of phenols is 1. The minimum absolute atomic E-state index is 0.0263. The molecule has 0 radical (unpaired) electrons. The number of carboxylic acid groups (broad SMARTS) is 1. The fourth-order valence-electron chi connectivity index (χ4n) is 1.87. The summed E-state index contributed by atoms with van der Waals surface area (Å²) in [6.45, 7) is 1.85. The highest BCUT2D eigenvalue weighted by Gasteiger charge is 2.25. The molecule has 26 heavy (non-hydrogen) atoms. The van der Waals surface area contributed by atoms with E-state index in [-0.39, 0.29) is 19.0 Å². The molecule has 12 nitrogen and oxygen atoms in total. The standard InChI is InChI=1S/C7H6O6S.C6H9N3O3/c8-6-2-1-4(14(11,12)13)3-5(6)7(9)10;1-5-7-4-6(9(11)12)8(5)2-3-10/h1-3,8H,(H,9,10)(H,11,12,13);4,10H,2-3H2,1H3. The van der Waals surface area contributed by atoms with Crippen LogP contribution >= 0.6 is 0 Å². The summed E-state index contributed by atoms with van der Waals surface area (Å²) >= 11 is 0. The van der Waals surface area contributed by atoms with Gasteiger partial charge in [0.15, 0.2) is 12.7 Å². The molecule has 0 aliphatic heterocycles. The van der Waals surface area contributed by atoms with Gasteiger partial charge in [0.1, 0.15) is 33.0 Å². The predicted octanol–water partition coefficient (Wildman–Crippen LogP) is -0.494. The van der Waals surface area contributed by atoms with Gasteiger partial charge in [0.2, 0.25) is 0 Å². The number of aromatic carboxylic acids is 1. The smallest absolute Gasteiger partial charge is 0.519 e. The number of nitro groups is 1. The molecule has 1 aromatic carbocycles. The number of aliphatic hydroxyl groups is 1. The van der Waals surface area contributed by atoms with Crippen LogP contribution in [0.4, 0.5) is 5.82 Å². The minimum Gasteiger partial charge on any atom is -0.744 e. The highest BCUT2D eigenvalue weighted by molar-refractivity contribution is 7.85. The molecule has 0 atom stereocenters. The molecule has 4 N–H and O–H groups in total. The van der Waals surface area contributed by atoms with Gasteiger partial charge >= 0.3 is 11.8 Å². The largest absolute Gasteiger partial charge is 0.744 e. The van der Waals surface area contributed by atoms with E-state index in [4.69, 9.17) is 15.3 Å². The van der Waals surface area contributed by atoms with Gasteiger partial charge in [-0.15, -0.1) is 4.57 Å². The lowest BCUT2D eigenvalue weighted by Crippen LogP contribution is -2.39. The Kier molecular flexibility index (Phi) is 6.77. The van der Waals surface area contributed by atoms with Crippen LogP contribution < -0.4 is 4.57 Å². The fraction of sp³-hybridized carbons (Fsp3) is 0.231. The number of benzene rings is 1. The number of carbonyl (C=O) groups is 1. The van der Waals surface area contributed by atoms with Crippen LogP contribution in [0.15, 0.2) is 29.3 Å². The molecule has 2 rings (SSSR count). The second kappa shape index (κ2) is 8.37. The van der Waals surface area contributed by atoms with E-state index < -0.39 is 37.2 Å². The van der Waals surface area contributed by atoms with E-state index in [9.17, 15) is 27.9 Å². The van der Waals surface area contributed by atoms with Crippen molar-refractivity contribution >= 4 is 21.9 Å². The quantitative estimate of drug-likeness (QED) is 0.225. The summed E-state index contributed by atoms with van der Waals surface area (Å²) in [5, 5.41) is 36.5. The van der Waals surface area contributed by atoms with Crippen LogP contribution in [0.5, 0.6) is 5.75 Å². The average molecular weight is 389 g/mol. The minimum atomic E-state index is -4.70. The van der Waals surface area contributed by atoms with E-state index in [0.29, 0.717) is 11.9 Å². The molecule has 13 heteroatoms. The summed E-state index contributed by atoms with van der Waals surface area (Å²) in [7, 11) is -4.70. The van der Waals surface area contributed by atoms with Crippen LogP contribution in [0.2, 0.25) is 0 Å². The van der Waals surface area contributed by atoms with Gasteiger partial charge < -0.3 is 24.9 Å². The van der Waals surface area contributed by atoms with Gasteiger partial charge in [0.25, 0.3) is 5.82 Å². The lowest BCUT2D eigenvalue weighted by molar-refractivity contribution is -0.739. The Hall–Kier alpha value is -3.03. The third kappa shape index (κ3) is 5.23. The van der Waals surface area contributed by atoms with Crippen molar-refractivity contribution in [3.8, 4) is 5.75 Å². The molecule has 2 aromatic rings. The number of hydrogen-bond acceptors (Lipinski definition) is 8. The van der Waals surface area contributed by atoms with Crippen LogP contribution in [-0.2, 0) is 16.7 Å². The molecule has 0 amide bonds. The maximum absolute atomic E-state index is 10.5. The maximum atomic E-state index is 10.5. The van der Waals surface area contributed by atoms with E-state index >= 15 is 0 Å². The van der Waals surface area contributed by atoms with Crippen LogP contribution in [0.1, 0.15) is 16.2 Å². The SMILES string of the molecule is Cc1[nH]cc([N+](=O)[O-])[n+]1CCO.O=C(O)c1cc(S(=O)(=O)[O-])ccc1O. The summed E-state index contributed by atoms with van der Waals surface area (Å²) in [4.78, 5) is 22.4. The third-order valence-corrected chi connectivity index (χ3v) is 3.92. The summed E-state index contributed by atoms with van der Waals surface area (Å²) in [5.74, 6) is -1.46. The second-order valence-electron chi connectivity index (χ2n) is 4.80. The first kappa shape index (κ1) is 21.0. The monoisotopic (exact) mass is 389 g/mol. The Labute approximate surface area is 146 Å². The topological polar surface area (TPSA) is 198 Å². The average Bonchev–Trinajstić information content (AvgIpc) is 2.89. The number of rotatable bonds is 5. The van der Waals surface area contributed by atoms with Gasteiger partial charge in [0, 0.05) is 6.92 Å². The van der Waals surface area contributed by atoms with Crippen molar-refractivity contribution in [1.82, 2.24) is 4.98 Å². The molecule has 0 fully saturated rings. The molecule has 0 aliphatic carbocycles. The molecule has 0 aliphatic rings. The van der Waals surface area contributed by atoms with Crippen molar-refractivity contribution < 1.29 is 42.6 Å². The van der Waals surface area contributed by atoms with E-state index in [1.54, 1.807) is 6.92 Å². The van der Waals surface area contributed by atoms with E-state index in [1.807, 2.05) is 0 Å². The molecule has 142 valence electrons. The molecule has 1 aromatic heterocycles. The summed E-state index contributed by atoms with van der Waals surface area (Å²) in [6.07, 6.45) is 1.31. The predicted molar refractivity (Wildman–Crippen MR) is 82.5 cm³/mol. The number of aryl methyl sites for hydroxylation is 1. The van der Waals surface area contributed by atoms with E-state index in [0.717, 1.165) is 12.1 Å². The van der Waals surface area contributed by atoms with Crippen LogP contribution in [0.3, 0.4) is 0 Å². The number of nitrogens with one attached hydrogen (secondary N) is 1. The Balaban J connectivity index is 0.000000263. The number of nitrogens with zero attached hydrogens (tertiary/aromatic N) is 2. The lowest BCUT2D eigenvalue weighted by Gasteiger charge is -2.08. The Bertz CT molecular complexity index is 921. The number of aromatic hydroxyl groups is 1. The first-order chi connectivity index (χ1) is 12.0. The zero-order valence-corrected chi connectivity index (χ0v) is 14.1. The van der Waals surface area contributed by atoms with Crippen LogP contribution in [-0.4, -0.2) is 50.8 Å². The summed E-state index contributed by atoms with van der Waals surface area (Å²) in [5.41, 5.74) is -0.623. The van der Waals surface area contributed by atoms with Gasteiger partial charge in [-0.05, 0) is 18.2 Å². The molecule has 0 bridgehead atoms. The Morgan fingerprint density at radius 2 is 2.00 bits per heavy atom. The normalized spacial score (nSPS) is 10.7. The number of aromatic amines is 1. The Morgan fingerprint density at radius 1 is 1.38 bits per heavy atom. The molecule has 0 unspecified atom stereocenters. The van der Waals surface area contributed by atoms with Gasteiger partial charge in [-0.1, -0.05) is 0 Å². The van der Waals surface area contributed by atoms with Gasteiger partial charge in [-0.3, -0.25) is 10.1 Å². The summed E-state index contributed by atoms with van der Waals surface area (Å²) in [6, 6.07) is 2.29. The summed E-state index contributed by atoms with van der Waals surface area (Å²) < 4.78 is 32.9. The first-order valence-corrected chi connectivity index (χ1v) is 8.25. The number of H-pyrrole nitrogens is 1. The molecule has 1 heterocycles. The van der Waals surface area contributed by atoms with Crippen molar-refractivity contribution in [2.24, 2.45) is 0 Å². The number of hydrogen-bond donors (Lipinski definition) is 4. The maximum Gasteiger partial charge on any atom is 0.519 e. The zero-order chi connectivity index (χ0) is 20.1. The fourth-order valence-corrected chi connectivity index (χ4v) is 2.37. The zero-order valence-electron chi connectivity index (χ0n) is 13.3. The molecule has 0 saturated carbocycles. The van der Waals surface area contributed by atoms with Crippen molar-refractivity contribution in [3.05, 3.63) is 45.9 Å². The third-order valence-electron chi connectivity index (χ3n) is 3.09. The number of imidazole rings is 1. The molecule has 0 saturated heterocycles. The van der Waals surface area contributed by atoms with Crippen molar-refractivity contribution in [2.75, 3.05) is 6.61 Å². The number of aromatic nitrogens is 2. The van der Waals surface area contributed by atoms with Crippen molar-refractivity contribution in [2.45, 2.75) is 18.4 Å². The van der Waals surface area contributed by atoms with Crippen molar-refractivity contribution in [3.63, 3.8) is 0 Å². The van der Waals surface area contributed by atoms with Gasteiger partial charge in [-0.2, -0.15) is 0 Å². The highest BCUT2D eigenvalue weighted by atomic mass is 32.2. The van der Waals surface area contributed by atoms with Crippen molar-refractivity contribution in [1.29, 1.82) is 0 Å². The lowest BCUT2D eigenvalue weighted by atomic mass is 10.2. The highest BCUT2D eigenvalue weighted by Crippen LogP contribution is 2.20. The van der Waals surface area contributed by atoms with Gasteiger partial charge in [0.05, 0.1) is 4.90 Å². The molecular formula is C13H15N3O9S. The molecular weight excluding hydrogens is 374 g/mol. The van der Waals surface area contributed by atoms with E-state index in [2.05, 4.69) is 4.98 Å². The number of aliphatic hydroxyl groups excluding tert-OH is 1. The van der Waals surface area contributed by atoms with Crippen LogP contribution in [0, 0.1) is 17.0 Å². The first-order valence-electron chi connectivity index (χ1n) is 6.84. The van der Waals surface area contributed by atoms with E-state index in [1.165, 1.54) is 10.8 Å². The Morgan fingerprint density at radius 3 is 2.46 bits per heavy atom. The molecule has 0 spiro atoms.